The molecule has 0 spiro atoms. The Hall–Kier alpha value is -2.33. The lowest BCUT2D eigenvalue weighted by atomic mass is 10.0. The summed E-state index contributed by atoms with van der Waals surface area (Å²) in [6, 6.07) is 16.4. The number of fused-ring (bicyclic) bond motifs is 1. The maximum Gasteiger partial charge on any atom is 0.317 e. The van der Waals surface area contributed by atoms with Crippen LogP contribution in [0.25, 0.3) is 0 Å². The molecule has 1 N–H and O–H groups in total. The minimum absolute atomic E-state index is 0.000436. The van der Waals surface area contributed by atoms with Gasteiger partial charge in [0, 0.05) is 26.7 Å². The Morgan fingerprint density at radius 3 is 2.52 bits per heavy atom. The van der Waals surface area contributed by atoms with Gasteiger partial charge in [-0.25, -0.2) is 4.79 Å². The predicted octanol–water partition coefficient (Wildman–Crippen LogP) is 3.10. The van der Waals surface area contributed by atoms with Crippen LogP contribution in [0.5, 0.6) is 0 Å². The summed E-state index contributed by atoms with van der Waals surface area (Å²) in [5.74, 6) is 0. The largest absolute Gasteiger partial charge is 0.380 e. The first-order valence-electron chi connectivity index (χ1n) is 7.92. The maximum absolute atomic E-state index is 12.3. The van der Waals surface area contributed by atoms with Crippen molar-refractivity contribution in [1.82, 2.24) is 10.2 Å². The van der Waals surface area contributed by atoms with Gasteiger partial charge in [0.15, 0.2) is 0 Å². The summed E-state index contributed by atoms with van der Waals surface area (Å²) in [6.07, 6.45) is 0.926. The summed E-state index contributed by atoms with van der Waals surface area (Å²) in [6.45, 7) is 2.62. The summed E-state index contributed by atoms with van der Waals surface area (Å²) in [7, 11) is 1.69. The van der Waals surface area contributed by atoms with Crippen LogP contribution in [0.2, 0.25) is 0 Å². The number of methoxy groups -OCH3 is 1. The topological polar surface area (TPSA) is 41.6 Å². The number of hydrogen-bond donors (Lipinski definition) is 1. The van der Waals surface area contributed by atoms with Gasteiger partial charge in [0.1, 0.15) is 0 Å². The summed E-state index contributed by atoms with van der Waals surface area (Å²) in [5, 5.41) is 3.01. The van der Waals surface area contributed by atoms with E-state index in [4.69, 9.17) is 4.74 Å². The first-order valence-corrected chi connectivity index (χ1v) is 7.92. The molecule has 0 aliphatic carbocycles. The highest BCUT2D eigenvalue weighted by atomic mass is 16.5. The van der Waals surface area contributed by atoms with E-state index in [1.165, 1.54) is 11.1 Å². The third kappa shape index (κ3) is 3.90. The molecule has 0 unspecified atom stereocenters. The van der Waals surface area contributed by atoms with Gasteiger partial charge in [0.05, 0.1) is 6.61 Å². The van der Waals surface area contributed by atoms with Crippen molar-refractivity contribution in [3.63, 3.8) is 0 Å². The van der Waals surface area contributed by atoms with Crippen LogP contribution < -0.4 is 5.32 Å². The first kappa shape index (κ1) is 15.6. The van der Waals surface area contributed by atoms with E-state index in [0.717, 1.165) is 24.1 Å². The molecule has 0 radical (unpaired) electrons. The monoisotopic (exact) mass is 310 g/mol. The molecule has 0 fully saturated rings. The fourth-order valence-electron chi connectivity index (χ4n) is 2.88. The van der Waals surface area contributed by atoms with Crippen molar-refractivity contribution < 1.29 is 9.53 Å². The number of carbonyl (C=O) groups is 1. The highest BCUT2D eigenvalue weighted by molar-refractivity contribution is 5.74. The highest BCUT2D eigenvalue weighted by Crippen LogP contribution is 2.18. The molecule has 0 atom stereocenters. The van der Waals surface area contributed by atoms with E-state index in [-0.39, 0.29) is 6.03 Å². The molecule has 1 aliphatic rings. The summed E-state index contributed by atoms with van der Waals surface area (Å²) < 4.78 is 5.10. The number of ether oxygens (including phenoxy) is 1. The van der Waals surface area contributed by atoms with Gasteiger partial charge in [-0.1, -0.05) is 48.5 Å². The van der Waals surface area contributed by atoms with Gasteiger partial charge < -0.3 is 15.0 Å². The van der Waals surface area contributed by atoms with Gasteiger partial charge in [0.25, 0.3) is 0 Å². The third-order valence-electron chi connectivity index (χ3n) is 4.20. The number of rotatable bonds is 4. The fourth-order valence-corrected chi connectivity index (χ4v) is 2.88. The minimum atomic E-state index is 0.000436. The lowest BCUT2D eigenvalue weighted by Gasteiger charge is -2.29. The summed E-state index contributed by atoms with van der Waals surface area (Å²) >= 11 is 0. The Morgan fingerprint density at radius 2 is 1.78 bits per heavy atom. The van der Waals surface area contributed by atoms with Gasteiger partial charge in [0.2, 0.25) is 0 Å². The van der Waals surface area contributed by atoms with Crippen molar-refractivity contribution >= 4 is 6.03 Å². The van der Waals surface area contributed by atoms with E-state index >= 15 is 0 Å². The summed E-state index contributed by atoms with van der Waals surface area (Å²) in [5.41, 5.74) is 4.83. The van der Waals surface area contributed by atoms with Gasteiger partial charge in [-0.3, -0.25) is 0 Å². The van der Waals surface area contributed by atoms with Crippen LogP contribution >= 0.6 is 0 Å². The van der Waals surface area contributed by atoms with Crippen molar-refractivity contribution in [2.45, 2.75) is 26.1 Å². The van der Waals surface area contributed by atoms with E-state index in [1.807, 2.05) is 35.2 Å². The molecule has 0 bridgehead atoms. The molecule has 120 valence electrons. The smallest absolute Gasteiger partial charge is 0.317 e. The maximum atomic E-state index is 12.3. The van der Waals surface area contributed by atoms with Crippen LogP contribution in [0.4, 0.5) is 4.79 Å². The van der Waals surface area contributed by atoms with Crippen LogP contribution in [-0.2, 0) is 30.9 Å². The zero-order chi connectivity index (χ0) is 16.1. The molecule has 4 heteroatoms. The number of urea groups is 1. The SMILES string of the molecule is COCc1ccc(CNC(=O)N2CCc3ccccc3C2)cc1. The lowest BCUT2D eigenvalue weighted by Crippen LogP contribution is -2.42. The molecule has 4 nitrogen and oxygen atoms in total. The Morgan fingerprint density at radius 1 is 1.09 bits per heavy atom. The molecule has 2 amide bonds. The molecule has 1 aliphatic heterocycles. The van der Waals surface area contributed by atoms with Gasteiger partial charge in [-0.05, 0) is 28.7 Å². The van der Waals surface area contributed by atoms with E-state index in [9.17, 15) is 4.79 Å². The van der Waals surface area contributed by atoms with Crippen molar-refractivity contribution in [1.29, 1.82) is 0 Å². The van der Waals surface area contributed by atoms with Crippen LogP contribution in [0.3, 0.4) is 0 Å². The lowest BCUT2D eigenvalue weighted by molar-refractivity contribution is 0.185. The molecule has 0 aromatic heterocycles. The average molecular weight is 310 g/mol. The van der Waals surface area contributed by atoms with Gasteiger partial charge in [-0.15, -0.1) is 0 Å². The average Bonchev–Trinajstić information content (AvgIpc) is 2.60. The molecule has 3 rings (SSSR count). The van der Waals surface area contributed by atoms with Gasteiger partial charge in [-0.2, -0.15) is 0 Å². The quantitative estimate of drug-likeness (QED) is 0.943. The van der Waals surface area contributed by atoms with E-state index < -0.39 is 0 Å². The molecule has 2 aromatic carbocycles. The molecule has 0 saturated carbocycles. The van der Waals surface area contributed by atoms with Crippen LogP contribution in [-0.4, -0.2) is 24.6 Å². The van der Waals surface area contributed by atoms with Crippen molar-refractivity contribution in [3.05, 3.63) is 70.8 Å². The number of amides is 2. The van der Waals surface area contributed by atoms with Crippen LogP contribution in [0, 0.1) is 0 Å². The third-order valence-corrected chi connectivity index (χ3v) is 4.20. The van der Waals surface area contributed by atoms with Crippen molar-refractivity contribution in [2.24, 2.45) is 0 Å². The number of nitrogens with zero attached hydrogens (tertiary/aromatic N) is 1. The second kappa shape index (κ2) is 7.29. The Kier molecular flexibility index (Phi) is 4.93. The second-order valence-corrected chi connectivity index (χ2v) is 5.85. The standard InChI is InChI=1S/C19H22N2O2/c1-23-14-16-8-6-15(7-9-16)12-20-19(22)21-11-10-17-4-2-3-5-18(17)13-21/h2-9H,10-14H2,1H3,(H,20,22). The van der Waals surface area contributed by atoms with Crippen LogP contribution in [0.15, 0.2) is 48.5 Å². The second-order valence-electron chi connectivity index (χ2n) is 5.85. The van der Waals surface area contributed by atoms with E-state index in [1.54, 1.807) is 7.11 Å². The van der Waals surface area contributed by atoms with Crippen LogP contribution in [0.1, 0.15) is 22.3 Å². The van der Waals surface area contributed by atoms with Crippen molar-refractivity contribution in [3.8, 4) is 0 Å². The number of benzene rings is 2. The molecule has 1 heterocycles. The number of carbonyl (C=O) groups excluding carboxylic acids is 1. The zero-order valence-corrected chi connectivity index (χ0v) is 13.4. The van der Waals surface area contributed by atoms with Crippen molar-refractivity contribution in [2.75, 3.05) is 13.7 Å². The zero-order valence-electron chi connectivity index (χ0n) is 13.4. The first-order chi connectivity index (χ1) is 11.3. The highest BCUT2D eigenvalue weighted by Gasteiger charge is 2.19. The molecule has 0 saturated heterocycles. The number of nitrogens with one attached hydrogen (secondary N) is 1. The Labute approximate surface area is 137 Å². The Bertz CT molecular complexity index is 667. The molecular weight excluding hydrogens is 288 g/mol. The molecule has 2 aromatic rings. The molecular formula is C19H22N2O2. The minimum Gasteiger partial charge on any atom is -0.380 e. The molecule has 23 heavy (non-hydrogen) atoms. The Balaban J connectivity index is 1.54. The van der Waals surface area contributed by atoms with Gasteiger partial charge >= 0.3 is 6.03 Å². The van der Waals surface area contributed by atoms with E-state index in [2.05, 4.69) is 23.5 Å². The normalized spacial score (nSPS) is 13.5. The number of hydrogen-bond acceptors (Lipinski definition) is 2. The van der Waals surface area contributed by atoms with E-state index in [0.29, 0.717) is 19.7 Å². The fraction of sp³-hybridized carbons (Fsp3) is 0.316. The predicted molar refractivity (Wildman–Crippen MR) is 89.9 cm³/mol. The summed E-state index contributed by atoms with van der Waals surface area (Å²) in [4.78, 5) is 14.2.